The predicted octanol–water partition coefficient (Wildman–Crippen LogP) is 3.86. The zero-order valence-electron chi connectivity index (χ0n) is 14.3. The summed E-state index contributed by atoms with van der Waals surface area (Å²) >= 11 is 6.22. The highest BCUT2D eigenvalue weighted by atomic mass is 35.5. The van der Waals surface area contributed by atoms with Crippen LogP contribution in [-0.4, -0.2) is 10.2 Å². The number of aryl methyl sites for hydroxylation is 1. The van der Waals surface area contributed by atoms with Crippen molar-refractivity contribution in [2.75, 3.05) is 0 Å². The number of hydrogen-bond acceptors (Lipinski definition) is 5. The van der Waals surface area contributed by atoms with Gasteiger partial charge in [0.2, 0.25) is 0 Å². The smallest absolute Gasteiger partial charge is 0.267 e. The largest absolute Gasteiger partial charge is 0.456 e. The van der Waals surface area contributed by atoms with Gasteiger partial charge in [0.05, 0.1) is 34.0 Å². The second-order valence-electron chi connectivity index (χ2n) is 5.88. The molecule has 1 aromatic heterocycles. The maximum absolute atomic E-state index is 11.4. The Morgan fingerprint density at radius 1 is 1.11 bits per heavy atom. The van der Waals surface area contributed by atoms with Crippen molar-refractivity contribution < 1.29 is 4.74 Å². The van der Waals surface area contributed by atoms with Crippen LogP contribution in [0, 0.1) is 29.6 Å². The van der Waals surface area contributed by atoms with Gasteiger partial charge in [-0.2, -0.15) is 15.6 Å². The lowest BCUT2D eigenvalue weighted by atomic mass is 10.1. The molecule has 1 heterocycles. The van der Waals surface area contributed by atoms with Crippen molar-refractivity contribution in [1.82, 2.24) is 10.2 Å². The maximum atomic E-state index is 11.4. The van der Waals surface area contributed by atoms with E-state index in [4.69, 9.17) is 26.9 Å². The number of nitrogens with one attached hydrogen (secondary N) is 1. The second-order valence-corrected chi connectivity index (χ2v) is 6.29. The zero-order valence-corrected chi connectivity index (χ0v) is 15.0. The van der Waals surface area contributed by atoms with Crippen molar-refractivity contribution in [3.8, 4) is 23.6 Å². The highest BCUT2D eigenvalue weighted by Gasteiger charge is 2.09. The molecule has 27 heavy (non-hydrogen) atoms. The molecular formula is C20H13ClN4O2. The average Bonchev–Trinajstić information content (AvgIpc) is 2.67. The molecule has 0 aliphatic heterocycles. The number of aromatic amines is 1. The Morgan fingerprint density at radius 2 is 1.81 bits per heavy atom. The van der Waals surface area contributed by atoms with Crippen LogP contribution in [0.5, 0.6) is 11.5 Å². The van der Waals surface area contributed by atoms with Gasteiger partial charge in [-0.1, -0.05) is 17.7 Å². The molecule has 0 fully saturated rings. The molecule has 2 aromatic carbocycles. The molecule has 3 aromatic rings. The van der Waals surface area contributed by atoms with Crippen LogP contribution in [-0.2, 0) is 6.42 Å². The first-order chi connectivity index (χ1) is 13.0. The number of nitriles is 2. The van der Waals surface area contributed by atoms with Gasteiger partial charge in [-0.15, -0.1) is 0 Å². The lowest BCUT2D eigenvalue weighted by Crippen LogP contribution is -2.12. The molecule has 0 saturated carbocycles. The third kappa shape index (κ3) is 4.33. The first-order valence-corrected chi connectivity index (χ1v) is 8.33. The minimum absolute atomic E-state index is 0.218. The van der Waals surface area contributed by atoms with E-state index < -0.39 is 0 Å². The Morgan fingerprint density at radius 3 is 2.44 bits per heavy atom. The van der Waals surface area contributed by atoms with E-state index >= 15 is 0 Å². The summed E-state index contributed by atoms with van der Waals surface area (Å²) in [5, 5.41) is 25.0. The van der Waals surface area contributed by atoms with Crippen molar-refractivity contribution in [3.63, 3.8) is 0 Å². The molecule has 0 unspecified atom stereocenters. The maximum Gasteiger partial charge on any atom is 0.267 e. The van der Waals surface area contributed by atoms with Gasteiger partial charge in [-0.3, -0.25) is 4.79 Å². The number of benzene rings is 2. The minimum Gasteiger partial charge on any atom is -0.456 e. The number of H-pyrrole nitrogens is 1. The topological polar surface area (TPSA) is 103 Å². The highest BCUT2D eigenvalue weighted by Crippen LogP contribution is 2.31. The van der Waals surface area contributed by atoms with Crippen LogP contribution in [0.1, 0.15) is 27.9 Å². The lowest BCUT2D eigenvalue weighted by molar-refractivity contribution is 0.482. The van der Waals surface area contributed by atoms with Crippen molar-refractivity contribution in [2.45, 2.75) is 13.3 Å². The fourth-order valence-corrected chi connectivity index (χ4v) is 2.66. The van der Waals surface area contributed by atoms with E-state index in [1.54, 1.807) is 25.1 Å². The SMILES string of the molecule is Cc1cc(Cc2ccc(Cl)c(Oc3cc(C#N)cc(C#N)c3)c2)n[nH]c1=O. The molecule has 0 aliphatic carbocycles. The minimum atomic E-state index is -0.218. The average molecular weight is 377 g/mol. The van der Waals surface area contributed by atoms with Gasteiger partial charge in [-0.05, 0) is 48.9 Å². The monoisotopic (exact) mass is 376 g/mol. The predicted molar refractivity (Wildman–Crippen MR) is 99.8 cm³/mol. The van der Waals surface area contributed by atoms with E-state index in [0.717, 1.165) is 5.56 Å². The number of nitrogens with zero attached hydrogens (tertiary/aromatic N) is 3. The van der Waals surface area contributed by atoms with Gasteiger partial charge in [0.25, 0.3) is 5.56 Å². The summed E-state index contributed by atoms with van der Waals surface area (Å²) in [6.45, 7) is 1.72. The molecule has 0 spiro atoms. The van der Waals surface area contributed by atoms with Crippen LogP contribution >= 0.6 is 11.6 Å². The van der Waals surface area contributed by atoms with Crippen molar-refractivity contribution in [1.29, 1.82) is 10.5 Å². The quantitative estimate of drug-likeness (QED) is 0.744. The van der Waals surface area contributed by atoms with Crippen LogP contribution in [0.2, 0.25) is 5.02 Å². The Kier molecular flexibility index (Phi) is 5.21. The van der Waals surface area contributed by atoms with Crippen LogP contribution in [0.4, 0.5) is 0 Å². The summed E-state index contributed by atoms with van der Waals surface area (Å²) < 4.78 is 5.80. The Bertz CT molecular complexity index is 1120. The molecule has 1 N–H and O–H groups in total. The number of ether oxygens (including phenoxy) is 1. The Labute approximate surface area is 160 Å². The van der Waals surface area contributed by atoms with Gasteiger partial charge in [-0.25, -0.2) is 5.10 Å². The zero-order chi connectivity index (χ0) is 19.4. The molecule has 7 heteroatoms. The summed E-state index contributed by atoms with van der Waals surface area (Å²) in [6.07, 6.45) is 0.479. The first-order valence-electron chi connectivity index (χ1n) is 7.95. The standard InChI is InChI=1S/C20H13ClN4O2/c1-12-4-16(24-25-20(12)26)6-13-2-3-18(21)19(9-13)27-17-7-14(10-22)5-15(8-17)11-23/h2-5,7-9H,6H2,1H3,(H,25,26). The molecule has 132 valence electrons. The van der Waals surface area contributed by atoms with E-state index in [1.807, 2.05) is 18.2 Å². The second kappa shape index (κ2) is 7.74. The van der Waals surface area contributed by atoms with Gasteiger partial charge < -0.3 is 4.74 Å². The lowest BCUT2D eigenvalue weighted by Gasteiger charge is -2.10. The van der Waals surface area contributed by atoms with E-state index in [9.17, 15) is 4.79 Å². The van der Waals surface area contributed by atoms with Crippen LogP contribution in [0.15, 0.2) is 47.3 Å². The van der Waals surface area contributed by atoms with Gasteiger partial charge in [0.15, 0.2) is 0 Å². The van der Waals surface area contributed by atoms with Crippen LogP contribution in [0.3, 0.4) is 0 Å². The van der Waals surface area contributed by atoms with Gasteiger partial charge in [0, 0.05) is 12.0 Å². The molecule has 0 atom stereocenters. The first kappa shape index (κ1) is 18.2. The Balaban J connectivity index is 1.90. The summed E-state index contributed by atoms with van der Waals surface area (Å²) in [5.74, 6) is 0.747. The third-order valence-electron chi connectivity index (χ3n) is 3.82. The molecule has 0 bridgehead atoms. The number of aromatic nitrogens is 2. The molecule has 3 rings (SSSR count). The van der Waals surface area contributed by atoms with E-state index in [-0.39, 0.29) is 5.56 Å². The fourth-order valence-electron chi connectivity index (χ4n) is 2.51. The highest BCUT2D eigenvalue weighted by molar-refractivity contribution is 6.32. The molecule has 0 amide bonds. The van der Waals surface area contributed by atoms with E-state index in [0.29, 0.717) is 45.3 Å². The van der Waals surface area contributed by atoms with Crippen LogP contribution in [0.25, 0.3) is 0 Å². The molecule has 0 aliphatic rings. The Hall–Kier alpha value is -3.61. The van der Waals surface area contributed by atoms with Crippen LogP contribution < -0.4 is 10.3 Å². The number of rotatable bonds is 4. The van der Waals surface area contributed by atoms with Gasteiger partial charge in [0.1, 0.15) is 11.5 Å². The molecular weight excluding hydrogens is 364 g/mol. The van der Waals surface area contributed by atoms with E-state index in [2.05, 4.69) is 10.2 Å². The van der Waals surface area contributed by atoms with E-state index in [1.165, 1.54) is 18.2 Å². The number of halogens is 1. The summed E-state index contributed by atoms with van der Waals surface area (Å²) in [6, 6.07) is 15.6. The normalized spacial score (nSPS) is 10.1. The molecule has 0 radical (unpaired) electrons. The molecule has 0 saturated heterocycles. The van der Waals surface area contributed by atoms with Crippen molar-refractivity contribution >= 4 is 11.6 Å². The summed E-state index contributed by atoms with van der Waals surface area (Å²) in [4.78, 5) is 11.4. The fraction of sp³-hybridized carbons (Fsp3) is 0.100. The molecule has 6 nitrogen and oxygen atoms in total. The summed E-state index contributed by atoms with van der Waals surface area (Å²) in [7, 11) is 0. The van der Waals surface area contributed by atoms with Crippen molar-refractivity contribution in [2.24, 2.45) is 0 Å². The summed E-state index contributed by atoms with van der Waals surface area (Å²) in [5.41, 5.74) is 2.60. The third-order valence-corrected chi connectivity index (χ3v) is 4.13. The van der Waals surface area contributed by atoms with Gasteiger partial charge >= 0.3 is 0 Å². The number of hydrogen-bond donors (Lipinski definition) is 1. The van der Waals surface area contributed by atoms with Crippen molar-refractivity contribution in [3.05, 3.63) is 85.8 Å².